The summed E-state index contributed by atoms with van der Waals surface area (Å²) in [4.78, 5) is 27.7. The van der Waals surface area contributed by atoms with Crippen LogP contribution in [0.2, 0.25) is 0 Å². The van der Waals surface area contributed by atoms with Crippen molar-refractivity contribution < 1.29 is 24.5 Å². The van der Waals surface area contributed by atoms with Gasteiger partial charge in [0.05, 0.1) is 19.3 Å². The number of carbonyl (C=O) groups excluding carboxylic acids is 1. The fraction of sp³-hybridized carbons (Fsp3) is 0.870. The fourth-order valence-corrected chi connectivity index (χ4v) is 7.44. The zero-order valence-electron chi connectivity index (χ0n) is 17.7. The second-order valence-corrected chi connectivity index (χ2v) is 10.3. The van der Waals surface area contributed by atoms with E-state index in [1.807, 2.05) is 0 Å². The Morgan fingerprint density at radius 1 is 1.17 bits per heavy atom. The van der Waals surface area contributed by atoms with Crippen molar-refractivity contribution in [3.63, 3.8) is 0 Å². The molecule has 4 rings (SSSR count). The minimum Gasteiger partial charge on any atom is -0.480 e. The van der Waals surface area contributed by atoms with Gasteiger partial charge in [-0.05, 0) is 74.0 Å². The number of carboxylic acid groups (broad SMARTS) is 1. The van der Waals surface area contributed by atoms with Gasteiger partial charge in [0.15, 0.2) is 0 Å². The van der Waals surface area contributed by atoms with Gasteiger partial charge in [0.1, 0.15) is 12.4 Å². The number of hydrogen-bond acceptors (Lipinski definition) is 5. The monoisotopic (exact) mass is 405 g/mol. The lowest BCUT2D eigenvalue weighted by Gasteiger charge is -2.60. The number of carboxylic acids is 1. The van der Waals surface area contributed by atoms with Gasteiger partial charge in [-0.1, -0.05) is 13.8 Å². The molecule has 0 aromatic rings. The first-order chi connectivity index (χ1) is 13.8. The molecule has 0 radical (unpaired) electrons. The predicted octanol–water partition coefficient (Wildman–Crippen LogP) is 3.11. The highest BCUT2D eigenvalue weighted by Gasteiger charge is 2.61. The van der Waals surface area contributed by atoms with Crippen LogP contribution in [-0.2, 0) is 14.3 Å². The molecule has 0 amide bonds. The van der Waals surface area contributed by atoms with Crippen molar-refractivity contribution in [3.05, 3.63) is 0 Å². The van der Waals surface area contributed by atoms with Crippen LogP contribution in [0.15, 0.2) is 4.99 Å². The third-order valence-electron chi connectivity index (χ3n) is 9.02. The molecule has 7 atom stereocenters. The van der Waals surface area contributed by atoms with Crippen LogP contribution in [0.3, 0.4) is 0 Å². The highest BCUT2D eigenvalue weighted by atomic mass is 16.5. The molecular weight excluding hydrogens is 370 g/mol. The minimum atomic E-state index is -0.960. The smallest absolute Gasteiger partial charge is 0.329 e. The van der Waals surface area contributed by atoms with Gasteiger partial charge in [-0.2, -0.15) is 0 Å². The summed E-state index contributed by atoms with van der Waals surface area (Å²) in [7, 11) is 0. The number of carbonyl (C=O) groups is 2. The quantitative estimate of drug-likeness (QED) is 0.685. The second-order valence-electron chi connectivity index (χ2n) is 10.3. The molecule has 162 valence electrons. The number of aliphatic hydroxyl groups excluding tert-OH is 1. The van der Waals surface area contributed by atoms with E-state index in [9.17, 15) is 14.7 Å². The van der Waals surface area contributed by atoms with Crippen LogP contribution >= 0.6 is 0 Å². The summed E-state index contributed by atoms with van der Waals surface area (Å²) < 4.78 is 5.08. The van der Waals surface area contributed by atoms with Gasteiger partial charge in [0.25, 0.3) is 0 Å². The Morgan fingerprint density at radius 2 is 1.97 bits per heavy atom. The summed E-state index contributed by atoms with van der Waals surface area (Å²) in [5.41, 5.74) is 1.11. The summed E-state index contributed by atoms with van der Waals surface area (Å²) >= 11 is 0. The zero-order chi connectivity index (χ0) is 20.8. The average molecular weight is 406 g/mol. The normalized spacial score (nSPS) is 45.6. The number of ketones is 1. The molecular formula is C23H35NO5. The first-order valence-electron chi connectivity index (χ1n) is 11.3. The topological polar surface area (TPSA) is 96.2 Å². The molecule has 0 saturated heterocycles. The van der Waals surface area contributed by atoms with Crippen LogP contribution < -0.4 is 0 Å². The SMILES string of the molecule is C[C@]12CCC3C(C[C@@H](O)[C@H]4C/C(=N/CCOCC(=O)O)CC[C@]34C)C1CCC2=O. The zero-order valence-corrected chi connectivity index (χ0v) is 17.7. The molecule has 4 aliphatic carbocycles. The lowest BCUT2D eigenvalue weighted by atomic mass is 9.44. The highest BCUT2D eigenvalue weighted by molar-refractivity contribution is 5.87. The van der Waals surface area contributed by atoms with Crippen molar-refractivity contribution in [1.29, 1.82) is 0 Å². The molecule has 2 N–H and O–H groups in total. The number of aliphatic hydroxyl groups is 1. The predicted molar refractivity (Wildman–Crippen MR) is 109 cm³/mol. The Morgan fingerprint density at radius 3 is 2.72 bits per heavy atom. The number of aliphatic carboxylic acids is 1. The van der Waals surface area contributed by atoms with Gasteiger partial charge in [0.2, 0.25) is 0 Å². The number of nitrogens with zero attached hydrogens (tertiary/aromatic N) is 1. The Hall–Kier alpha value is -1.27. The third kappa shape index (κ3) is 3.56. The molecule has 0 aliphatic heterocycles. The second kappa shape index (κ2) is 7.77. The molecule has 4 aliphatic rings. The van der Waals surface area contributed by atoms with Gasteiger partial charge in [-0.15, -0.1) is 0 Å². The average Bonchev–Trinajstić information content (AvgIpc) is 2.97. The first-order valence-corrected chi connectivity index (χ1v) is 11.3. The van der Waals surface area contributed by atoms with Crippen molar-refractivity contribution in [2.45, 2.75) is 71.3 Å². The Labute approximate surface area is 173 Å². The summed E-state index contributed by atoms with van der Waals surface area (Å²) in [6.07, 6.45) is 7.18. The van der Waals surface area contributed by atoms with E-state index in [1.54, 1.807) is 0 Å². The first kappa shape index (κ1) is 21.0. The van der Waals surface area contributed by atoms with E-state index in [-0.39, 0.29) is 29.5 Å². The fourth-order valence-electron chi connectivity index (χ4n) is 7.44. The van der Waals surface area contributed by atoms with E-state index in [2.05, 4.69) is 18.8 Å². The number of rotatable bonds is 5. The van der Waals surface area contributed by atoms with Crippen LogP contribution in [0, 0.1) is 34.5 Å². The van der Waals surface area contributed by atoms with Gasteiger partial charge in [-0.3, -0.25) is 9.79 Å². The van der Waals surface area contributed by atoms with Crippen molar-refractivity contribution in [2.75, 3.05) is 19.8 Å². The maximum absolute atomic E-state index is 12.6. The molecule has 0 aromatic heterocycles. The van der Waals surface area contributed by atoms with Crippen LogP contribution in [0.1, 0.15) is 65.2 Å². The van der Waals surface area contributed by atoms with Gasteiger partial charge in [0, 0.05) is 17.5 Å². The summed E-state index contributed by atoms with van der Waals surface area (Å²) in [5.74, 6) is 1.24. The number of hydrogen-bond donors (Lipinski definition) is 2. The van der Waals surface area contributed by atoms with E-state index in [0.29, 0.717) is 36.7 Å². The molecule has 0 spiro atoms. The van der Waals surface area contributed by atoms with E-state index in [1.165, 1.54) is 0 Å². The molecule has 4 saturated carbocycles. The van der Waals surface area contributed by atoms with E-state index in [0.717, 1.165) is 57.1 Å². The highest BCUT2D eigenvalue weighted by Crippen LogP contribution is 2.65. The van der Waals surface area contributed by atoms with Crippen molar-refractivity contribution >= 4 is 17.5 Å². The largest absolute Gasteiger partial charge is 0.480 e. The van der Waals surface area contributed by atoms with Gasteiger partial charge in [-0.25, -0.2) is 4.79 Å². The molecule has 29 heavy (non-hydrogen) atoms. The van der Waals surface area contributed by atoms with Crippen LogP contribution in [0.5, 0.6) is 0 Å². The van der Waals surface area contributed by atoms with Crippen molar-refractivity contribution in [3.8, 4) is 0 Å². The molecule has 4 fully saturated rings. The minimum absolute atomic E-state index is 0.119. The maximum Gasteiger partial charge on any atom is 0.329 e. The van der Waals surface area contributed by atoms with Crippen LogP contribution in [0.25, 0.3) is 0 Å². The lowest BCUT2D eigenvalue weighted by Crippen LogP contribution is -2.57. The molecule has 0 aromatic carbocycles. The molecule has 3 unspecified atom stereocenters. The van der Waals surface area contributed by atoms with Crippen LogP contribution in [-0.4, -0.2) is 53.5 Å². The Kier molecular flexibility index (Phi) is 5.62. The summed E-state index contributed by atoms with van der Waals surface area (Å²) in [6, 6.07) is 0. The summed E-state index contributed by atoms with van der Waals surface area (Å²) in [6.45, 7) is 5.08. The van der Waals surface area contributed by atoms with Gasteiger partial charge < -0.3 is 14.9 Å². The number of Topliss-reactive ketones (excluding diaryl/α,β-unsaturated/α-hetero) is 1. The lowest BCUT2D eigenvalue weighted by molar-refractivity contribution is -0.152. The Balaban J connectivity index is 1.44. The van der Waals surface area contributed by atoms with Crippen LogP contribution in [0.4, 0.5) is 0 Å². The van der Waals surface area contributed by atoms with E-state index < -0.39 is 5.97 Å². The van der Waals surface area contributed by atoms with Gasteiger partial charge >= 0.3 is 5.97 Å². The van der Waals surface area contributed by atoms with E-state index in [4.69, 9.17) is 9.84 Å². The maximum atomic E-state index is 12.6. The van der Waals surface area contributed by atoms with E-state index >= 15 is 0 Å². The number of ether oxygens (including phenoxy) is 1. The summed E-state index contributed by atoms with van der Waals surface area (Å²) in [5, 5.41) is 19.8. The Bertz CT molecular complexity index is 705. The molecule has 6 heteroatoms. The van der Waals surface area contributed by atoms with Crippen molar-refractivity contribution in [2.24, 2.45) is 39.5 Å². The molecule has 0 bridgehead atoms. The molecule has 0 heterocycles. The number of aliphatic imine (C=N–C) groups is 1. The third-order valence-corrected chi connectivity index (χ3v) is 9.02. The number of fused-ring (bicyclic) bond motifs is 5. The molecule has 6 nitrogen and oxygen atoms in total. The van der Waals surface area contributed by atoms with Crippen molar-refractivity contribution in [1.82, 2.24) is 0 Å². The standard InChI is InChI=1S/C23H35NO5/c1-22-7-5-14(24-9-10-29-13-21(27)28)11-18(22)19(25)12-15-16-3-4-20(26)23(16,2)8-6-17(15)22/h15-19,25H,3-13H2,1-2H3,(H,27,28)/b24-14+/t15?,16?,17?,18-,19-,22-,23+/m1/s1.